The monoisotopic (exact) mass is 407 g/mol. The lowest BCUT2D eigenvalue weighted by Crippen LogP contribution is -2.27. The van der Waals surface area contributed by atoms with Gasteiger partial charge < -0.3 is 15.0 Å². The molecule has 1 unspecified atom stereocenters. The fourth-order valence-corrected chi connectivity index (χ4v) is 3.17. The van der Waals surface area contributed by atoms with Crippen molar-refractivity contribution in [3.05, 3.63) is 76.0 Å². The average Bonchev–Trinajstić information content (AvgIpc) is 2.74. The number of likely N-dealkylation sites (N-methyl/N-ethyl adjacent to an activating group) is 1. The van der Waals surface area contributed by atoms with Gasteiger partial charge in [0.2, 0.25) is 0 Å². The number of nitro benzene ring substituents is 1. The lowest BCUT2D eigenvalue weighted by atomic mass is 10.1. The fourth-order valence-electron chi connectivity index (χ4n) is 3.17. The van der Waals surface area contributed by atoms with Crippen LogP contribution in [0.4, 0.5) is 11.5 Å². The third-order valence-corrected chi connectivity index (χ3v) is 4.77. The number of hydrogen-bond donors (Lipinski definition) is 1. The van der Waals surface area contributed by atoms with E-state index in [1.807, 2.05) is 51.4 Å². The Balaban J connectivity index is 1.82. The van der Waals surface area contributed by atoms with E-state index in [0.717, 1.165) is 17.0 Å². The Hall–Kier alpha value is -3.52. The molecule has 0 aliphatic heterocycles. The second-order valence-corrected chi connectivity index (χ2v) is 7.16. The quantitative estimate of drug-likeness (QED) is 0.444. The van der Waals surface area contributed by atoms with Gasteiger partial charge >= 0.3 is 0 Å². The number of benzene rings is 2. The van der Waals surface area contributed by atoms with Gasteiger partial charge in [0, 0.05) is 36.0 Å². The molecule has 0 aliphatic rings. The number of nitrogens with one attached hydrogen (secondary N) is 1. The minimum atomic E-state index is -0.422. The number of aromatic nitrogens is 2. The molecule has 0 aliphatic carbocycles. The summed E-state index contributed by atoms with van der Waals surface area (Å²) >= 11 is 0. The molecule has 1 aromatic heterocycles. The second-order valence-electron chi connectivity index (χ2n) is 7.16. The summed E-state index contributed by atoms with van der Waals surface area (Å²) in [6.07, 6.45) is 0. The Morgan fingerprint density at radius 1 is 1.13 bits per heavy atom. The van der Waals surface area contributed by atoms with Gasteiger partial charge in [-0.05, 0) is 38.7 Å². The minimum absolute atomic E-state index is 0.0132. The van der Waals surface area contributed by atoms with Crippen LogP contribution in [0.5, 0.6) is 5.75 Å². The van der Waals surface area contributed by atoms with Crippen LogP contribution in [0, 0.1) is 17.0 Å². The Morgan fingerprint density at radius 3 is 2.50 bits per heavy atom. The number of methoxy groups -OCH3 is 1. The molecule has 3 rings (SSSR count). The molecule has 0 radical (unpaired) electrons. The van der Waals surface area contributed by atoms with Crippen molar-refractivity contribution in [2.24, 2.45) is 0 Å². The molecule has 1 N–H and O–H groups in total. The van der Waals surface area contributed by atoms with E-state index in [1.165, 1.54) is 12.1 Å². The maximum absolute atomic E-state index is 11.1. The van der Waals surface area contributed by atoms with Crippen molar-refractivity contribution < 1.29 is 9.66 Å². The highest BCUT2D eigenvalue weighted by molar-refractivity contribution is 5.61. The number of anilines is 1. The molecule has 0 bridgehead atoms. The minimum Gasteiger partial charge on any atom is -0.497 e. The predicted octanol–water partition coefficient (Wildman–Crippen LogP) is 4.08. The zero-order valence-corrected chi connectivity index (χ0v) is 17.5. The van der Waals surface area contributed by atoms with Gasteiger partial charge in [-0.2, -0.15) is 0 Å². The Labute approximate surface area is 175 Å². The fraction of sp³-hybridized carbons (Fsp3) is 0.273. The van der Waals surface area contributed by atoms with Gasteiger partial charge in [0.15, 0.2) is 5.82 Å². The van der Waals surface area contributed by atoms with Crippen molar-refractivity contribution in [2.45, 2.75) is 13.0 Å². The third kappa shape index (κ3) is 5.09. The summed E-state index contributed by atoms with van der Waals surface area (Å²) in [4.78, 5) is 21.8. The lowest BCUT2D eigenvalue weighted by molar-refractivity contribution is -0.384. The Morgan fingerprint density at radius 2 is 1.87 bits per heavy atom. The number of nitrogens with zero attached hydrogens (tertiary/aromatic N) is 4. The Bertz CT molecular complexity index is 1020. The van der Waals surface area contributed by atoms with Crippen molar-refractivity contribution >= 4 is 11.5 Å². The smallest absolute Gasteiger partial charge is 0.270 e. The van der Waals surface area contributed by atoms with Gasteiger partial charge in [0.05, 0.1) is 18.1 Å². The molecular weight excluding hydrogens is 382 g/mol. The molecular formula is C22H25N5O3. The van der Waals surface area contributed by atoms with E-state index >= 15 is 0 Å². The van der Waals surface area contributed by atoms with Crippen molar-refractivity contribution in [2.75, 3.05) is 33.1 Å². The van der Waals surface area contributed by atoms with Gasteiger partial charge in [0.25, 0.3) is 5.69 Å². The van der Waals surface area contributed by atoms with Gasteiger partial charge in [-0.25, -0.2) is 9.97 Å². The van der Waals surface area contributed by atoms with E-state index in [1.54, 1.807) is 19.2 Å². The molecule has 8 nitrogen and oxygen atoms in total. The molecule has 0 spiro atoms. The molecule has 156 valence electrons. The molecule has 2 aromatic carbocycles. The van der Waals surface area contributed by atoms with Crippen LogP contribution in [0.15, 0.2) is 54.6 Å². The summed E-state index contributed by atoms with van der Waals surface area (Å²) in [6, 6.07) is 16.3. The molecule has 0 saturated carbocycles. The molecule has 3 aromatic rings. The molecule has 0 fully saturated rings. The summed E-state index contributed by atoms with van der Waals surface area (Å²) in [5.41, 5.74) is 2.55. The van der Waals surface area contributed by atoms with E-state index in [9.17, 15) is 10.1 Å². The summed E-state index contributed by atoms with van der Waals surface area (Å²) < 4.78 is 5.24. The molecule has 1 heterocycles. The van der Waals surface area contributed by atoms with Crippen molar-refractivity contribution in [1.29, 1.82) is 0 Å². The zero-order valence-electron chi connectivity index (χ0n) is 17.5. The molecule has 30 heavy (non-hydrogen) atoms. The molecule has 0 saturated heterocycles. The first-order valence-corrected chi connectivity index (χ1v) is 9.52. The van der Waals surface area contributed by atoms with Gasteiger partial charge in [-0.15, -0.1) is 0 Å². The highest BCUT2D eigenvalue weighted by Gasteiger charge is 2.15. The predicted molar refractivity (Wildman–Crippen MR) is 117 cm³/mol. The van der Waals surface area contributed by atoms with E-state index in [-0.39, 0.29) is 11.7 Å². The first-order valence-electron chi connectivity index (χ1n) is 9.52. The normalized spacial score (nSPS) is 11.9. The van der Waals surface area contributed by atoms with Crippen LogP contribution in [0.2, 0.25) is 0 Å². The number of non-ortho nitro benzene ring substituents is 1. The van der Waals surface area contributed by atoms with Crippen molar-refractivity contribution in [1.82, 2.24) is 14.9 Å². The van der Waals surface area contributed by atoms with E-state index in [4.69, 9.17) is 4.74 Å². The highest BCUT2D eigenvalue weighted by atomic mass is 16.6. The van der Waals surface area contributed by atoms with Gasteiger partial charge in [-0.1, -0.05) is 24.3 Å². The van der Waals surface area contributed by atoms with Gasteiger partial charge in [0.1, 0.15) is 11.6 Å². The van der Waals surface area contributed by atoms with Crippen LogP contribution in [-0.2, 0) is 0 Å². The zero-order chi connectivity index (χ0) is 21.7. The molecule has 8 heteroatoms. The maximum atomic E-state index is 11.1. The summed E-state index contributed by atoms with van der Waals surface area (Å²) in [5.74, 6) is 1.94. The van der Waals surface area contributed by atoms with Crippen LogP contribution in [0.3, 0.4) is 0 Å². The first-order chi connectivity index (χ1) is 14.4. The van der Waals surface area contributed by atoms with E-state index < -0.39 is 4.92 Å². The van der Waals surface area contributed by atoms with Gasteiger partial charge in [-0.3, -0.25) is 10.1 Å². The first kappa shape index (κ1) is 21.2. The van der Waals surface area contributed by atoms with Crippen LogP contribution >= 0.6 is 0 Å². The highest BCUT2D eigenvalue weighted by Crippen LogP contribution is 2.24. The van der Waals surface area contributed by atoms with Crippen LogP contribution in [0.25, 0.3) is 11.4 Å². The van der Waals surface area contributed by atoms with Crippen molar-refractivity contribution in [3.8, 4) is 17.1 Å². The lowest BCUT2D eigenvalue weighted by Gasteiger charge is -2.25. The summed E-state index contributed by atoms with van der Waals surface area (Å²) in [6.45, 7) is 2.50. The van der Waals surface area contributed by atoms with Crippen LogP contribution in [0.1, 0.15) is 17.3 Å². The number of ether oxygens (including phenoxy) is 1. The topological polar surface area (TPSA) is 93.4 Å². The van der Waals surface area contributed by atoms with Crippen LogP contribution < -0.4 is 10.1 Å². The SMILES string of the molecule is COc1ccc(C(CNc2cc(C)nc(-c3cccc([N+](=O)[O-])c3)n2)N(C)C)cc1. The summed E-state index contributed by atoms with van der Waals surface area (Å²) in [7, 11) is 5.70. The van der Waals surface area contributed by atoms with Crippen molar-refractivity contribution in [3.63, 3.8) is 0 Å². The number of aryl methyl sites for hydroxylation is 1. The number of hydrogen-bond acceptors (Lipinski definition) is 7. The largest absolute Gasteiger partial charge is 0.497 e. The number of rotatable bonds is 8. The average molecular weight is 407 g/mol. The van der Waals surface area contributed by atoms with E-state index in [0.29, 0.717) is 23.8 Å². The summed E-state index contributed by atoms with van der Waals surface area (Å²) in [5, 5.41) is 14.5. The van der Waals surface area contributed by atoms with Crippen LogP contribution in [-0.4, -0.2) is 47.5 Å². The standard InChI is InChI=1S/C22H25N5O3/c1-15-12-21(25-22(24-15)17-6-5-7-18(13-17)27(28)29)23-14-20(26(2)3)16-8-10-19(30-4)11-9-16/h5-13,20H,14H2,1-4H3,(H,23,24,25). The molecule has 1 atom stereocenters. The van der Waals surface area contributed by atoms with E-state index in [2.05, 4.69) is 20.2 Å². The molecule has 0 amide bonds. The second kappa shape index (κ2) is 9.32. The number of nitro groups is 1. The maximum Gasteiger partial charge on any atom is 0.270 e. The third-order valence-electron chi connectivity index (χ3n) is 4.77. The Kier molecular flexibility index (Phi) is 6.58.